The van der Waals surface area contributed by atoms with Gasteiger partial charge in [0.05, 0.1) is 14.2 Å². The Morgan fingerprint density at radius 1 is 1.38 bits per heavy atom. The van der Waals surface area contributed by atoms with Crippen LogP contribution in [0.4, 0.5) is 0 Å². The van der Waals surface area contributed by atoms with E-state index in [4.69, 9.17) is 23.2 Å². The number of halogens is 3. The summed E-state index contributed by atoms with van der Waals surface area (Å²) in [5.41, 5.74) is 0. The van der Waals surface area contributed by atoms with Gasteiger partial charge >= 0.3 is 0 Å². The van der Waals surface area contributed by atoms with E-state index in [0.717, 1.165) is 20.6 Å². The fourth-order valence-electron chi connectivity index (χ4n) is 3.36. The minimum absolute atomic E-state index is 0.170. The first-order valence-electron chi connectivity index (χ1n) is 5.74. The van der Waals surface area contributed by atoms with Crippen LogP contribution in [0, 0.1) is 17.8 Å². The Balaban J connectivity index is 1.80. The standard InChI is InChI=1S/C12H13BrCl2S/c13-12-9(14)5-10(16-12)11(15)8-4-6-1-2-7(8)3-6/h5-8,11H,1-4H2. The monoisotopic (exact) mass is 338 g/mol. The second kappa shape index (κ2) is 4.46. The van der Waals surface area contributed by atoms with E-state index in [2.05, 4.69) is 15.9 Å². The van der Waals surface area contributed by atoms with E-state index in [1.807, 2.05) is 6.07 Å². The van der Waals surface area contributed by atoms with Gasteiger partial charge in [0.25, 0.3) is 0 Å². The lowest BCUT2D eigenvalue weighted by Gasteiger charge is -2.25. The van der Waals surface area contributed by atoms with Crippen molar-refractivity contribution in [1.29, 1.82) is 0 Å². The third kappa shape index (κ3) is 1.96. The highest BCUT2D eigenvalue weighted by atomic mass is 79.9. The van der Waals surface area contributed by atoms with Crippen LogP contribution >= 0.6 is 50.5 Å². The van der Waals surface area contributed by atoms with Gasteiger partial charge in [-0.25, -0.2) is 0 Å². The molecular weight excluding hydrogens is 327 g/mol. The van der Waals surface area contributed by atoms with E-state index >= 15 is 0 Å². The van der Waals surface area contributed by atoms with Gasteiger partial charge in [-0.3, -0.25) is 0 Å². The smallest absolute Gasteiger partial charge is 0.0887 e. The summed E-state index contributed by atoms with van der Waals surface area (Å²) >= 11 is 17.8. The Kier molecular flexibility index (Phi) is 3.29. The zero-order chi connectivity index (χ0) is 11.3. The second-order valence-corrected chi connectivity index (χ2v) is 8.29. The minimum atomic E-state index is 0.170. The molecule has 2 saturated carbocycles. The lowest BCUT2D eigenvalue weighted by molar-refractivity contribution is 0.325. The van der Waals surface area contributed by atoms with Gasteiger partial charge in [0.1, 0.15) is 0 Å². The van der Waals surface area contributed by atoms with Crippen LogP contribution in [0.25, 0.3) is 0 Å². The first kappa shape index (κ1) is 11.8. The molecule has 88 valence electrons. The van der Waals surface area contributed by atoms with Crippen LogP contribution in [0.2, 0.25) is 5.02 Å². The summed E-state index contributed by atoms with van der Waals surface area (Å²) in [6.07, 6.45) is 5.55. The Hall–Kier alpha value is 0.760. The van der Waals surface area contributed by atoms with Crippen molar-refractivity contribution in [2.45, 2.75) is 31.1 Å². The van der Waals surface area contributed by atoms with Crippen molar-refractivity contribution in [1.82, 2.24) is 0 Å². The molecule has 3 rings (SSSR count). The zero-order valence-electron chi connectivity index (χ0n) is 8.76. The lowest BCUT2D eigenvalue weighted by Crippen LogP contribution is -2.15. The summed E-state index contributed by atoms with van der Waals surface area (Å²) in [5, 5.41) is 0.970. The second-order valence-electron chi connectivity index (χ2n) is 5.01. The molecule has 0 nitrogen and oxygen atoms in total. The molecule has 2 fully saturated rings. The Labute approximate surface area is 118 Å². The van der Waals surface area contributed by atoms with Gasteiger partial charge in [-0.1, -0.05) is 18.0 Å². The van der Waals surface area contributed by atoms with Crippen LogP contribution in [0.15, 0.2) is 9.85 Å². The molecule has 0 amide bonds. The molecule has 2 aliphatic carbocycles. The SMILES string of the molecule is Clc1cc(C(Cl)C2CC3CCC2C3)sc1Br. The van der Waals surface area contributed by atoms with Crippen molar-refractivity contribution in [3.05, 3.63) is 19.8 Å². The van der Waals surface area contributed by atoms with Crippen molar-refractivity contribution >= 4 is 50.5 Å². The summed E-state index contributed by atoms with van der Waals surface area (Å²) in [7, 11) is 0. The molecule has 0 N–H and O–H groups in total. The molecule has 1 heterocycles. The summed E-state index contributed by atoms with van der Waals surface area (Å²) in [5.74, 6) is 2.50. The van der Waals surface area contributed by atoms with Gasteiger partial charge in [-0.05, 0) is 59.0 Å². The molecule has 1 aromatic rings. The molecule has 4 unspecified atom stereocenters. The van der Waals surface area contributed by atoms with Crippen molar-refractivity contribution < 1.29 is 0 Å². The normalized spacial score (nSPS) is 34.6. The molecule has 0 saturated heterocycles. The van der Waals surface area contributed by atoms with E-state index in [-0.39, 0.29) is 5.38 Å². The first-order valence-corrected chi connectivity index (χ1v) is 8.16. The Morgan fingerprint density at radius 2 is 2.19 bits per heavy atom. The summed E-state index contributed by atoms with van der Waals surface area (Å²) in [6.45, 7) is 0. The number of hydrogen-bond acceptors (Lipinski definition) is 1. The maximum atomic E-state index is 6.62. The van der Waals surface area contributed by atoms with E-state index in [0.29, 0.717) is 5.92 Å². The molecule has 2 aliphatic rings. The summed E-state index contributed by atoms with van der Waals surface area (Å²) in [4.78, 5) is 1.23. The number of rotatable bonds is 2. The van der Waals surface area contributed by atoms with Gasteiger partial charge in [-0.15, -0.1) is 22.9 Å². The summed E-state index contributed by atoms with van der Waals surface area (Å²) in [6, 6.07) is 2.03. The lowest BCUT2D eigenvalue weighted by atomic mass is 9.86. The predicted octanol–water partition coefficient (Wildman–Crippen LogP) is 5.88. The van der Waals surface area contributed by atoms with Crippen LogP contribution in [0.3, 0.4) is 0 Å². The highest BCUT2D eigenvalue weighted by Crippen LogP contribution is 2.55. The Bertz CT molecular complexity index is 384. The third-order valence-electron chi connectivity index (χ3n) is 4.10. The van der Waals surface area contributed by atoms with Crippen LogP contribution < -0.4 is 0 Å². The molecule has 0 spiro atoms. The average Bonchev–Trinajstić information content (AvgIpc) is 2.94. The quantitative estimate of drug-likeness (QED) is 0.590. The molecular formula is C12H13BrCl2S. The van der Waals surface area contributed by atoms with Gasteiger partial charge in [0.15, 0.2) is 0 Å². The van der Waals surface area contributed by atoms with Crippen LogP contribution in [-0.4, -0.2) is 0 Å². The van der Waals surface area contributed by atoms with Gasteiger partial charge in [0, 0.05) is 4.88 Å². The van der Waals surface area contributed by atoms with E-state index in [1.54, 1.807) is 11.3 Å². The highest BCUT2D eigenvalue weighted by molar-refractivity contribution is 9.11. The Morgan fingerprint density at radius 3 is 2.69 bits per heavy atom. The molecule has 4 atom stereocenters. The molecule has 0 radical (unpaired) electrons. The number of fused-ring (bicyclic) bond motifs is 2. The predicted molar refractivity (Wildman–Crippen MR) is 74.6 cm³/mol. The molecule has 16 heavy (non-hydrogen) atoms. The van der Waals surface area contributed by atoms with Gasteiger partial charge in [-0.2, -0.15) is 0 Å². The summed E-state index contributed by atoms with van der Waals surface area (Å²) < 4.78 is 1.01. The van der Waals surface area contributed by atoms with E-state index in [9.17, 15) is 0 Å². The average molecular weight is 340 g/mol. The van der Waals surface area contributed by atoms with Gasteiger partial charge in [0.2, 0.25) is 0 Å². The maximum absolute atomic E-state index is 6.62. The van der Waals surface area contributed by atoms with Crippen molar-refractivity contribution in [2.24, 2.45) is 17.8 Å². The van der Waals surface area contributed by atoms with Crippen molar-refractivity contribution in [2.75, 3.05) is 0 Å². The fourth-order valence-corrected chi connectivity index (χ4v) is 5.67. The van der Waals surface area contributed by atoms with Crippen LogP contribution in [0.5, 0.6) is 0 Å². The zero-order valence-corrected chi connectivity index (χ0v) is 12.7. The van der Waals surface area contributed by atoms with Crippen LogP contribution in [0.1, 0.15) is 35.9 Å². The number of thiophene rings is 1. The number of hydrogen-bond donors (Lipinski definition) is 0. The van der Waals surface area contributed by atoms with E-state index < -0.39 is 0 Å². The largest absolute Gasteiger partial charge is 0.130 e. The van der Waals surface area contributed by atoms with Gasteiger partial charge < -0.3 is 0 Å². The highest BCUT2D eigenvalue weighted by Gasteiger charge is 2.43. The minimum Gasteiger partial charge on any atom is -0.130 e. The molecule has 0 aliphatic heterocycles. The molecule has 2 bridgehead atoms. The topological polar surface area (TPSA) is 0 Å². The number of alkyl halides is 1. The third-order valence-corrected chi connectivity index (χ3v) is 7.35. The maximum Gasteiger partial charge on any atom is 0.0887 e. The fraction of sp³-hybridized carbons (Fsp3) is 0.667. The van der Waals surface area contributed by atoms with Crippen LogP contribution in [-0.2, 0) is 0 Å². The van der Waals surface area contributed by atoms with Crippen molar-refractivity contribution in [3.63, 3.8) is 0 Å². The molecule has 1 aromatic heterocycles. The molecule has 0 aromatic carbocycles. The van der Waals surface area contributed by atoms with E-state index in [1.165, 1.54) is 30.6 Å². The van der Waals surface area contributed by atoms with Crippen molar-refractivity contribution in [3.8, 4) is 0 Å². The first-order chi connectivity index (χ1) is 7.65. The molecule has 4 heteroatoms.